The molecule has 36 heavy (non-hydrogen) atoms. The minimum absolute atomic E-state index is 0.402. The summed E-state index contributed by atoms with van der Waals surface area (Å²) in [4.78, 5) is 32.2. The topological polar surface area (TPSA) is 67.9 Å². The third kappa shape index (κ3) is 6.08. The molecular formula is C29H39N5O2. The maximum atomic E-state index is 12.8. The van der Waals surface area contributed by atoms with Crippen LogP contribution in [0.5, 0.6) is 0 Å². The number of amides is 2. The number of hydrogen-bond acceptors (Lipinski definition) is 5. The summed E-state index contributed by atoms with van der Waals surface area (Å²) < 4.78 is 0. The second-order valence-electron chi connectivity index (χ2n) is 10.7. The van der Waals surface area contributed by atoms with Crippen LogP contribution >= 0.6 is 0 Å². The smallest absolute Gasteiger partial charge is 0.313 e. The van der Waals surface area contributed by atoms with Crippen molar-refractivity contribution in [2.45, 2.75) is 32.7 Å². The summed E-state index contributed by atoms with van der Waals surface area (Å²) in [5.41, 5.74) is 4.49. The molecule has 2 atom stereocenters. The predicted molar refractivity (Wildman–Crippen MR) is 144 cm³/mol. The zero-order valence-electron chi connectivity index (χ0n) is 21.4. The average Bonchev–Trinajstić information content (AvgIpc) is 3.45. The number of hydrogen-bond donors (Lipinski definition) is 2. The fourth-order valence-corrected chi connectivity index (χ4v) is 5.93. The van der Waals surface area contributed by atoms with Crippen LogP contribution in [-0.4, -0.2) is 74.0 Å². The molecule has 0 radical (unpaired) electrons. The monoisotopic (exact) mass is 489 g/mol. The molecule has 2 aromatic rings. The molecule has 0 saturated carbocycles. The predicted octanol–water partition coefficient (Wildman–Crippen LogP) is 3.10. The highest BCUT2D eigenvalue weighted by Gasteiger charge is 2.33. The molecule has 2 aromatic carbocycles. The van der Waals surface area contributed by atoms with Gasteiger partial charge < -0.3 is 20.4 Å². The second kappa shape index (κ2) is 11.4. The molecule has 3 heterocycles. The van der Waals surface area contributed by atoms with E-state index in [0.717, 1.165) is 58.7 Å². The summed E-state index contributed by atoms with van der Waals surface area (Å²) in [5, 5.41) is 6.24. The molecule has 5 rings (SSSR count). The van der Waals surface area contributed by atoms with Gasteiger partial charge in [-0.15, -0.1) is 0 Å². The van der Waals surface area contributed by atoms with Crippen LogP contribution in [0.1, 0.15) is 30.4 Å². The summed E-state index contributed by atoms with van der Waals surface area (Å²) in [6.45, 7) is 10.6. The van der Waals surface area contributed by atoms with Crippen LogP contribution in [0.3, 0.4) is 0 Å². The molecule has 0 bridgehead atoms. The fraction of sp³-hybridized carbons (Fsp3) is 0.517. The van der Waals surface area contributed by atoms with E-state index in [-0.39, 0.29) is 0 Å². The summed E-state index contributed by atoms with van der Waals surface area (Å²) in [5.74, 6) is 0.201. The van der Waals surface area contributed by atoms with Gasteiger partial charge in [-0.2, -0.15) is 0 Å². The van der Waals surface area contributed by atoms with Crippen molar-refractivity contribution < 1.29 is 9.59 Å². The second-order valence-corrected chi connectivity index (χ2v) is 10.7. The molecule has 2 N–H and O–H groups in total. The first-order chi connectivity index (χ1) is 17.5. The Morgan fingerprint density at radius 1 is 0.972 bits per heavy atom. The van der Waals surface area contributed by atoms with Gasteiger partial charge in [-0.3, -0.25) is 14.5 Å². The number of carbonyl (C=O) groups is 2. The average molecular weight is 490 g/mol. The highest BCUT2D eigenvalue weighted by Crippen LogP contribution is 2.28. The number of likely N-dealkylation sites (tertiary alicyclic amines) is 1. The molecule has 0 aromatic heterocycles. The highest BCUT2D eigenvalue weighted by atomic mass is 16.2. The van der Waals surface area contributed by atoms with E-state index in [1.807, 2.05) is 12.1 Å². The van der Waals surface area contributed by atoms with Crippen LogP contribution < -0.4 is 15.5 Å². The number of carbonyl (C=O) groups excluding carboxylic acids is 2. The van der Waals surface area contributed by atoms with Crippen molar-refractivity contribution in [3.63, 3.8) is 0 Å². The molecule has 2 amide bonds. The third-order valence-corrected chi connectivity index (χ3v) is 8.06. The number of anilines is 2. The van der Waals surface area contributed by atoms with E-state index in [1.54, 1.807) is 4.90 Å². The van der Waals surface area contributed by atoms with E-state index >= 15 is 0 Å². The number of piperazine rings is 1. The molecule has 192 valence electrons. The van der Waals surface area contributed by atoms with E-state index in [0.29, 0.717) is 30.6 Å². The molecule has 3 fully saturated rings. The lowest BCUT2D eigenvalue weighted by atomic mass is 9.85. The van der Waals surface area contributed by atoms with E-state index in [9.17, 15) is 9.59 Å². The van der Waals surface area contributed by atoms with Gasteiger partial charge in [-0.25, -0.2) is 0 Å². The number of aryl methyl sites for hydroxylation is 1. The lowest BCUT2D eigenvalue weighted by molar-refractivity contribution is -0.144. The molecule has 0 aliphatic carbocycles. The highest BCUT2D eigenvalue weighted by molar-refractivity contribution is 6.39. The number of piperidine rings is 1. The SMILES string of the molecule is Cc1cccc(N2CCN(Cc3ccc(NC(=O)C(=O)N4CCCC(C5CCNC5)C4)cc3)CC2)c1. The Morgan fingerprint density at radius 2 is 1.78 bits per heavy atom. The summed E-state index contributed by atoms with van der Waals surface area (Å²) in [6, 6.07) is 16.6. The Hall–Kier alpha value is -2.90. The van der Waals surface area contributed by atoms with E-state index < -0.39 is 11.8 Å². The van der Waals surface area contributed by atoms with Crippen molar-refractivity contribution in [1.29, 1.82) is 0 Å². The van der Waals surface area contributed by atoms with E-state index in [2.05, 4.69) is 63.8 Å². The van der Waals surface area contributed by atoms with Crippen LogP contribution in [0.4, 0.5) is 11.4 Å². The fourth-order valence-electron chi connectivity index (χ4n) is 5.93. The van der Waals surface area contributed by atoms with Gasteiger partial charge in [-0.1, -0.05) is 24.3 Å². The maximum absolute atomic E-state index is 12.8. The molecular weight excluding hydrogens is 450 g/mol. The standard InChI is InChI=1S/C29H39N5O2/c1-22-4-2-6-27(18-22)33-16-14-32(15-17-33)20-23-7-9-26(10-8-23)31-28(35)29(36)34-13-3-5-25(21-34)24-11-12-30-19-24/h2,4,6-10,18,24-25,30H,3,5,11-17,19-21H2,1H3,(H,31,35). The van der Waals surface area contributed by atoms with E-state index in [4.69, 9.17) is 0 Å². The van der Waals surface area contributed by atoms with Gasteiger partial charge in [0.25, 0.3) is 0 Å². The first-order valence-electron chi connectivity index (χ1n) is 13.5. The largest absolute Gasteiger partial charge is 0.369 e. The summed E-state index contributed by atoms with van der Waals surface area (Å²) >= 11 is 0. The van der Waals surface area contributed by atoms with Crippen LogP contribution in [0, 0.1) is 18.8 Å². The van der Waals surface area contributed by atoms with Crippen LogP contribution in [0.2, 0.25) is 0 Å². The minimum atomic E-state index is -0.528. The van der Waals surface area contributed by atoms with Crippen LogP contribution in [0.15, 0.2) is 48.5 Å². The van der Waals surface area contributed by atoms with Gasteiger partial charge in [-0.05, 0) is 86.5 Å². The van der Waals surface area contributed by atoms with Crippen molar-refractivity contribution in [3.8, 4) is 0 Å². The van der Waals surface area contributed by atoms with Crippen molar-refractivity contribution in [2.75, 3.05) is 62.6 Å². The molecule has 3 aliphatic rings. The van der Waals surface area contributed by atoms with Crippen molar-refractivity contribution in [3.05, 3.63) is 59.7 Å². The Morgan fingerprint density at radius 3 is 2.50 bits per heavy atom. The molecule has 7 nitrogen and oxygen atoms in total. The zero-order chi connectivity index (χ0) is 24.9. The lowest BCUT2D eigenvalue weighted by Crippen LogP contribution is -2.46. The maximum Gasteiger partial charge on any atom is 0.313 e. The first kappa shape index (κ1) is 24.8. The van der Waals surface area contributed by atoms with E-state index in [1.165, 1.54) is 23.2 Å². The van der Waals surface area contributed by atoms with Crippen molar-refractivity contribution >= 4 is 23.2 Å². The van der Waals surface area contributed by atoms with Crippen molar-refractivity contribution in [1.82, 2.24) is 15.1 Å². The zero-order valence-corrected chi connectivity index (χ0v) is 21.4. The van der Waals surface area contributed by atoms with Gasteiger partial charge in [0.1, 0.15) is 0 Å². The van der Waals surface area contributed by atoms with Crippen LogP contribution in [0.25, 0.3) is 0 Å². The number of benzene rings is 2. The van der Waals surface area contributed by atoms with Crippen LogP contribution in [-0.2, 0) is 16.1 Å². The Bertz CT molecular complexity index is 1040. The molecule has 2 unspecified atom stereocenters. The summed E-state index contributed by atoms with van der Waals surface area (Å²) in [6.07, 6.45) is 3.31. The quantitative estimate of drug-likeness (QED) is 0.632. The Balaban J connectivity index is 1.08. The lowest BCUT2D eigenvalue weighted by Gasteiger charge is -2.36. The number of nitrogens with one attached hydrogen (secondary N) is 2. The summed E-state index contributed by atoms with van der Waals surface area (Å²) in [7, 11) is 0. The Labute approximate surface area is 214 Å². The van der Waals surface area contributed by atoms with Gasteiger partial charge >= 0.3 is 11.8 Å². The third-order valence-electron chi connectivity index (χ3n) is 8.06. The van der Waals surface area contributed by atoms with Gasteiger partial charge in [0.15, 0.2) is 0 Å². The van der Waals surface area contributed by atoms with Gasteiger partial charge in [0.2, 0.25) is 0 Å². The number of nitrogens with zero attached hydrogens (tertiary/aromatic N) is 3. The van der Waals surface area contributed by atoms with Gasteiger partial charge in [0.05, 0.1) is 0 Å². The number of rotatable bonds is 5. The molecule has 3 saturated heterocycles. The molecule has 3 aliphatic heterocycles. The minimum Gasteiger partial charge on any atom is -0.369 e. The molecule has 0 spiro atoms. The van der Waals surface area contributed by atoms with Crippen molar-refractivity contribution in [2.24, 2.45) is 11.8 Å². The first-order valence-corrected chi connectivity index (χ1v) is 13.5. The normalized spacial score (nSPS) is 23.0. The van der Waals surface area contributed by atoms with Gasteiger partial charge in [0, 0.05) is 57.2 Å². The Kier molecular flexibility index (Phi) is 7.87. The molecule has 7 heteroatoms.